The number of rotatable bonds is 4. The Bertz CT molecular complexity index is 435. The van der Waals surface area contributed by atoms with Crippen molar-refractivity contribution in [1.29, 1.82) is 0 Å². The first kappa shape index (κ1) is 16.0. The van der Waals surface area contributed by atoms with E-state index < -0.39 is 0 Å². The molecule has 3 heteroatoms. The Labute approximate surface area is 121 Å². The minimum Gasteiger partial charge on any atom is -0.335 e. The third-order valence-electron chi connectivity index (χ3n) is 3.18. The fourth-order valence-corrected chi connectivity index (χ4v) is 2.35. The van der Waals surface area contributed by atoms with Crippen LogP contribution in [0.15, 0.2) is 24.3 Å². The van der Waals surface area contributed by atoms with Gasteiger partial charge in [-0.3, -0.25) is 4.79 Å². The van der Waals surface area contributed by atoms with Crippen LogP contribution in [-0.4, -0.2) is 29.3 Å². The van der Waals surface area contributed by atoms with E-state index in [2.05, 4.69) is 20.8 Å². The van der Waals surface area contributed by atoms with Crippen molar-refractivity contribution in [3.63, 3.8) is 0 Å². The summed E-state index contributed by atoms with van der Waals surface area (Å²) in [5.74, 6) is 0.530. The Hall–Kier alpha value is -1.02. The maximum atomic E-state index is 12.7. The zero-order chi connectivity index (χ0) is 14.6. The molecule has 0 radical (unpaired) electrons. The molecule has 1 aromatic rings. The average Bonchev–Trinajstić information content (AvgIpc) is 2.33. The highest BCUT2D eigenvalue weighted by Gasteiger charge is 2.25. The van der Waals surface area contributed by atoms with Crippen molar-refractivity contribution in [3.8, 4) is 0 Å². The van der Waals surface area contributed by atoms with Gasteiger partial charge in [0.2, 0.25) is 0 Å². The third kappa shape index (κ3) is 3.97. The third-order valence-corrected chi connectivity index (χ3v) is 3.34. The molecular formula is C16H24ClNO. The van der Waals surface area contributed by atoms with E-state index >= 15 is 0 Å². The van der Waals surface area contributed by atoms with Crippen LogP contribution in [0.5, 0.6) is 0 Å². The number of hydrogen-bond acceptors (Lipinski definition) is 1. The number of hydrogen-bond donors (Lipinski definition) is 0. The summed E-state index contributed by atoms with van der Waals surface area (Å²) in [6.45, 7) is 11.0. The molecule has 19 heavy (non-hydrogen) atoms. The Balaban J connectivity index is 3.18. The van der Waals surface area contributed by atoms with Crippen molar-refractivity contribution in [2.75, 3.05) is 12.4 Å². The Morgan fingerprint density at radius 2 is 1.84 bits per heavy atom. The molecule has 1 rings (SSSR count). The Morgan fingerprint density at radius 3 is 2.32 bits per heavy atom. The van der Waals surface area contributed by atoms with E-state index in [0.717, 1.165) is 11.1 Å². The fraction of sp³-hybridized carbons (Fsp3) is 0.562. The second-order valence-corrected chi connectivity index (χ2v) is 6.45. The van der Waals surface area contributed by atoms with Crippen LogP contribution in [-0.2, 0) is 5.41 Å². The van der Waals surface area contributed by atoms with E-state index in [0.29, 0.717) is 12.4 Å². The number of amides is 1. The summed E-state index contributed by atoms with van der Waals surface area (Å²) in [5.41, 5.74) is 1.82. The van der Waals surface area contributed by atoms with E-state index in [1.54, 1.807) is 0 Å². The van der Waals surface area contributed by atoms with Gasteiger partial charge in [0.15, 0.2) is 0 Å². The minimum absolute atomic E-state index is 0.0458. The normalized spacial score (nSPS) is 11.7. The molecule has 0 heterocycles. The van der Waals surface area contributed by atoms with E-state index in [1.165, 1.54) is 0 Å². The van der Waals surface area contributed by atoms with Crippen LogP contribution in [0.25, 0.3) is 0 Å². The predicted molar refractivity (Wildman–Crippen MR) is 82.0 cm³/mol. The summed E-state index contributed by atoms with van der Waals surface area (Å²) in [6.07, 6.45) is 0. The molecule has 1 aromatic carbocycles. The molecule has 2 nitrogen and oxygen atoms in total. The molecule has 0 saturated carbocycles. The van der Waals surface area contributed by atoms with Crippen molar-refractivity contribution in [3.05, 3.63) is 35.4 Å². The molecular weight excluding hydrogens is 258 g/mol. The lowest BCUT2D eigenvalue weighted by molar-refractivity contribution is 0.0715. The molecule has 0 aliphatic carbocycles. The highest BCUT2D eigenvalue weighted by molar-refractivity contribution is 6.18. The molecule has 0 aromatic heterocycles. The molecule has 0 atom stereocenters. The van der Waals surface area contributed by atoms with Gasteiger partial charge in [0.05, 0.1) is 0 Å². The van der Waals surface area contributed by atoms with Crippen molar-refractivity contribution in [2.45, 2.75) is 46.1 Å². The van der Waals surface area contributed by atoms with Gasteiger partial charge in [-0.2, -0.15) is 0 Å². The van der Waals surface area contributed by atoms with Gasteiger partial charge < -0.3 is 4.90 Å². The standard InChI is InChI=1S/C16H24ClNO/c1-12(2)18(11-10-17)15(19)13-8-6-7-9-14(13)16(3,4)5/h6-9,12H,10-11H2,1-5H3. The maximum Gasteiger partial charge on any atom is 0.254 e. The van der Waals surface area contributed by atoms with E-state index in [9.17, 15) is 4.79 Å². The molecule has 0 aliphatic rings. The summed E-state index contributed by atoms with van der Waals surface area (Å²) >= 11 is 5.81. The van der Waals surface area contributed by atoms with Gasteiger partial charge in [-0.25, -0.2) is 0 Å². The second kappa shape index (κ2) is 6.42. The van der Waals surface area contributed by atoms with E-state index in [-0.39, 0.29) is 17.4 Å². The summed E-state index contributed by atoms with van der Waals surface area (Å²) < 4.78 is 0. The zero-order valence-electron chi connectivity index (χ0n) is 12.5. The van der Waals surface area contributed by atoms with Crippen molar-refractivity contribution in [1.82, 2.24) is 4.90 Å². The van der Waals surface area contributed by atoms with Gasteiger partial charge in [-0.05, 0) is 30.9 Å². The number of carbonyl (C=O) groups is 1. The lowest BCUT2D eigenvalue weighted by atomic mass is 9.83. The summed E-state index contributed by atoms with van der Waals surface area (Å²) in [5, 5.41) is 0. The molecule has 106 valence electrons. The number of carbonyl (C=O) groups excluding carboxylic acids is 1. The molecule has 0 unspecified atom stereocenters. The quantitative estimate of drug-likeness (QED) is 0.762. The largest absolute Gasteiger partial charge is 0.335 e. The molecule has 1 amide bonds. The number of halogens is 1. The molecule has 0 spiro atoms. The number of nitrogens with zero attached hydrogens (tertiary/aromatic N) is 1. The van der Waals surface area contributed by atoms with E-state index in [4.69, 9.17) is 11.6 Å². The second-order valence-electron chi connectivity index (χ2n) is 6.08. The SMILES string of the molecule is CC(C)N(CCCl)C(=O)c1ccccc1C(C)(C)C. The molecule has 0 aliphatic heterocycles. The van der Waals surface area contributed by atoms with Crippen LogP contribution in [0.1, 0.15) is 50.5 Å². The maximum absolute atomic E-state index is 12.7. The predicted octanol–water partition coefficient (Wildman–Crippen LogP) is 4.07. The molecule has 0 fully saturated rings. The Kier molecular flexibility index (Phi) is 5.42. The fourth-order valence-electron chi connectivity index (χ4n) is 2.16. The van der Waals surface area contributed by atoms with Crippen molar-refractivity contribution >= 4 is 17.5 Å². The van der Waals surface area contributed by atoms with Crippen molar-refractivity contribution in [2.24, 2.45) is 0 Å². The van der Waals surface area contributed by atoms with E-state index in [1.807, 2.05) is 43.0 Å². The van der Waals surface area contributed by atoms with Crippen molar-refractivity contribution < 1.29 is 4.79 Å². The number of benzene rings is 1. The Morgan fingerprint density at radius 1 is 1.26 bits per heavy atom. The van der Waals surface area contributed by atoms with Gasteiger partial charge >= 0.3 is 0 Å². The first-order chi connectivity index (χ1) is 8.79. The molecule has 0 saturated heterocycles. The summed E-state index contributed by atoms with van der Waals surface area (Å²) in [6, 6.07) is 8.00. The highest BCUT2D eigenvalue weighted by Crippen LogP contribution is 2.27. The monoisotopic (exact) mass is 281 g/mol. The lowest BCUT2D eigenvalue weighted by Gasteiger charge is -2.29. The first-order valence-corrected chi connectivity index (χ1v) is 7.29. The van der Waals surface area contributed by atoms with Crippen LogP contribution < -0.4 is 0 Å². The van der Waals surface area contributed by atoms with Crippen LogP contribution in [0.2, 0.25) is 0 Å². The van der Waals surface area contributed by atoms with Crippen LogP contribution in [0.3, 0.4) is 0 Å². The molecule has 0 bridgehead atoms. The summed E-state index contributed by atoms with van der Waals surface area (Å²) in [7, 11) is 0. The first-order valence-electron chi connectivity index (χ1n) is 6.75. The van der Waals surface area contributed by atoms with Gasteiger partial charge in [0.25, 0.3) is 5.91 Å². The zero-order valence-corrected chi connectivity index (χ0v) is 13.3. The van der Waals surface area contributed by atoms with Gasteiger partial charge in [-0.15, -0.1) is 11.6 Å². The van der Waals surface area contributed by atoms with Gasteiger partial charge in [0, 0.05) is 24.0 Å². The highest BCUT2D eigenvalue weighted by atomic mass is 35.5. The smallest absolute Gasteiger partial charge is 0.254 e. The minimum atomic E-state index is -0.0458. The average molecular weight is 282 g/mol. The summed E-state index contributed by atoms with van der Waals surface area (Å²) in [4.78, 5) is 14.5. The van der Waals surface area contributed by atoms with Crippen LogP contribution in [0, 0.1) is 0 Å². The van der Waals surface area contributed by atoms with Gasteiger partial charge in [-0.1, -0.05) is 39.0 Å². The van der Waals surface area contributed by atoms with Crippen LogP contribution >= 0.6 is 11.6 Å². The number of alkyl halides is 1. The van der Waals surface area contributed by atoms with Gasteiger partial charge in [0.1, 0.15) is 0 Å². The van der Waals surface area contributed by atoms with Crippen LogP contribution in [0.4, 0.5) is 0 Å². The lowest BCUT2D eigenvalue weighted by Crippen LogP contribution is -2.39. The topological polar surface area (TPSA) is 20.3 Å². The molecule has 0 N–H and O–H groups in total.